The maximum atomic E-state index is 14.6. The summed E-state index contributed by atoms with van der Waals surface area (Å²) in [5.74, 6) is -0.679. The molecule has 1 heterocycles. The number of benzene rings is 3. The molecule has 1 fully saturated rings. The molecule has 3 aromatic carbocycles. The van der Waals surface area contributed by atoms with Crippen LogP contribution >= 0.6 is 0 Å². The molecular weight excluding hydrogens is 574 g/mol. The average Bonchev–Trinajstić information content (AvgIpc) is 3.04. The molecule has 46 heavy (non-hydrogen) atoms. The van der Waals surface area contributed by atoms with Gasteiger partial charge in [0.25, 0.3) is 0 Å². The van der Waals surface area contributed by atoms with Gasteiger partial charge < -0.3 is 20.4 Å². The van der Waals surface area contributed by atoms with Crippen LogP contribution in [0.4, 0.5) is 0 Å². The maximum absolute atomic E-state index is 14.6. The number of rotatable bonds is 12. The van der Waals surface area contributed by atoms with Crippen LogP contribution in [0.1, 0.15) is 50.7 Å². The Hall–Kier alpha value is -4.01. The van der Waals surface area contributed by atoms with Crippen LogP contribution in [0.25, 0.3) is 10.8 Å². The summed E-state index contributed by atoms with van der Waals surface area (Å²) >= 11 is 0. The highest BCUT2D eigenvalue weighted by atomic mass is 16.2. The molecule has 8 nitrogen and oxygen atoms in total. The van der Waals surface area contributed by atoms with Crippen LogP contribution in [0.2, 0.25) is 0 Å². The van der Waals surface area contributed by atoms with Gasteiger partial charge in [-0.25, -0.2) is 0 Å². The topological polar surface area (TPSA) is 90.2 Å². The molecule has 3 aromatic rings. The van der Waals surface area contributed by atoms with Crippen molar-refractivity contribution in [2.75, 3.05) is 34.7 Å². The summed E-state index contributed by atoms with van der Waals surface area (Å²) in [6.45, 7) is 4.73. The Bertz CT molecular complexity index is 1520. The van der Waals surface area contributed by atoms with Crippen molar-refractivity contribution in [1.82, 2.24) is 19.6 Å². The quantitative estimate of drug-likeness (QED) is 0.291. The van der Waals surface area contributed by atoms with Crippen LogP contribution in [0, 0.1) is 0 Å². The van der Waals surface area contributed by atoms with Crippen molar-refractivity contribution in [3.8, 4) is 0 Å². The van der Waals surface area contributed by atoms with E-state index in [-0.39, 0.29) is 23.9 Å². The van der Waals surface area contributed by atoms with Crippen molar-refractivity contribution >= 4 is 28.5 Å². The Labute approximate surface area is 274 Å². The van der Waals surface area contributed by atoms with Gasteiger partial charge in [0.15, 0.2) is 0 Å². The fourth-order valence-corrected chi connectivity index (χ4v) is 6.26. The van der Waals surface area contributed by atoms with Gasteiger partial charge in [0.1, 0.15) is 12.1 Å². The van der Waals surface area contributed by atoms with E-state index in [1.54, 1.807) is 30.0 Å². The number of fused-ring (bicyclic) bond motifs is 1. The third-order valence-electron chi connectivity index (χ3n) is 9.15. The van der Waals surface area contributed by atoms with Gasteiger partial charge in [-0.2, -0.15) is 0 Å². The van der Waals surface area contributed by atoms with E-state index >= 15 is 0 Å². The maximum Gasteiger partial charge on any atom is 0.246 e. The highest BCUT2D eigenvalue weighted by molar-refractivity contribution is 5.95. The third-order valence-corrected chi connectivity index (χ3v) is 9.15. The van der Waals surface area contributed by atoms with Gasteiger partial charge in [-0.05, 0) is 81.1 Å². The molecule has 1 aliphatic rings. The summed E-state index contributed by atoms with van der Waals surface area (Å²) in [7, 11) is 7.25. The third kappa shape index (κ3) is 9.04. The van der Waals surface area contributed by atoms with E-state index in [4.69, 9.17) is 5.73 Å². The van der Waals surface area contributed by atoms with Crippen LogP contribution in [-0.4, -0.2) is 95.8 Å². The van der Waals surface area contributed by atoms with Crippen molar-refractivity contribution < 1.29 is 14.4 Å². The van der Waals surface area contributed by atoms with Crippen molar-refractivity contribution in [2.24, 2.45) is 5.73 Å². The molecule has 0 aromatic heterocycles. The average molecular weight is 626 g/mol. The number of piperidine rings is 1. The number of carbonyl (C=O) groups excluding carboxylic acids is 3. The number of carbonyl (C=O) groups is 3. The lowest BCUT2D eigenvalue weighted by molar-refractivity contribution is -0.151. The lowest BCUT2D eigenvalue weighted by Crippen LogP contribution is -2.59. The number of nitrogens with two attached hydrogens (primary N) is 1. The number of amides is 3. The highest BCUT2D eigenvalue weighted by Crippen LogP contribution is 2.23. The number of nitrogens with zero attached hydrogens (tertiary/aromatic N) is 4. The van der Waals surface area contributed by atoms with Crippen molar-refractivity contribution in [3.63, 3.8) is 0 Å². The Balaban J connectivity index is 1.67. The number of hydrogen-bond acceptors (Lipinski definition) is 5. The van der Waals surface area contributed by atoms with E-state index in [1.165, 1.54) is 11.0 Å². The van der Waals surface area contributed by atoms with Crippen LogP contribution < -0.4 is 5.73 Å². The predicted molar refractivity (Wildman–Crippen MR) is 186 cm³/mol. The highest BCUT2D eigenvalue weighted by Gasteiger charge is 2.38. The first-order valence-electron chi connectivity index (χ1n) is 16.3. The molecule has 0 spiro atoms. The fourth-order valence-electron chi connectivity index (χ4n) is 6.26. The Kier molecular flexibility index (Phi) is 11.8. The van der Waals surface area contributed by atoms with E-state index in [9.17, 15) is 14.4 Å². The zero-order valence-corrected chi connectivity index (χ0v) is 28.4. The molecule has 3 amide bonds. The Morgan fingerprint density at radius 3 is 2.15 bits per heavy atom. The molecule has 4 rings (SSSR count). The lowest BCUT2D eigenvalue weighted by Gasteiger charge is -2.42. The van der Waals surface area contributed by atoms with E-state index in [2.05, 4.69) is 17.0 Å². The molecule has 0 radical (unpaired) electrons. The molecule has 0 saturated carbocycles. The minimum Gasteiger partial charge on any atom is -0.332 e. The molecule has 0 aliphatic carbocycles. The second kappa shape index (κ2) is 15.5. The summed E-state index contributed by atoms with van der Waals surface area (Å²) in [5.41, 5.74) is 7.57. The molecule has 246 valence electrons. The van der Waals surface area contributed by atoms with E-state index < -0.39 is 17.6 Å². The molecule has 1 unspecified atom stereocenters. The van der Waals surface area contributed by atoms with E-state index in [1.807, 2.05) is 88.6 Å². The normalized spacial score (nSPS) is 17.1. The zero-order chi connectivity index (χ0) is 33.4. The summed E-state index contributed by atoms with van der Waals surface area (Å²) in [6, 6.07) is 22.4. The number of hydrogen-bond donors (Lipinski definition) is 1. The fraction of sp³-hybridized carbons (Fsp3) is 0.447. The monoisotopic (exact) mass is 625 g/mol. The van der Waals surface area contributed by atoms with E-state index in [0.29, 0.717) is 19.3 Å². The van der Waals surface area contributed by atoms with Crippen LogP contribution in [0.3, 0.4) is 0 Å². The molecule has 3 atom stereocenters. The van der Waals surface area contributed by atoms with Crippen LogP contribution in [-0.2, 0) is 27.2 Å². The standard InChI is InChI=1S/C38H51N5O3/c1-38(2,39)23-14-20-35(44)41(4)32(27-29-21-22-30-17-10-11-18-31(30)25-29)36(45)42(5)33(26-28-15-8-7-9-16-28)37(46)43(6)34-19-12-13-24-40(34)3/h7-11,14-18,20-22,25,32-34H,12-13,19,23-24,26-27,39H2,1-6H3/b20-14+/t32-,33-,34?/m1/s1. The SMILES string of the molecule is CN1CCCCC1N(C)C(=O)[C@@H](Cc1ccccc1)N(C)C(=O)[C@@H](Cc1ccc2ccccc2c1)N(C)C(=O)/C=C/CC(C)(C)N. The van der Waals surface area contributed by atoms with Gasteiger partial charge in [-0.15, -0.1) is 0 Å². The summed E-state index contributed by atoms with van der Waals surface area (Å²) in [4.78, 5) is 49.5. The molecule has 0 bridgehead atoms. The second-order valence-electron chi connectivity index (χ2n) is 13.5. The van der Waals surface area contributed by atoms with Crippen molar-refractivity contribution in [1.29, 1.82) is 0 Å². The molecule has 2 N–H and O–H groups in total. The molecule has 8 heteroatoms. The zero-order valence-electron chi connectivity index (χ0n) is 28.4. The summed E-state index contributed by atoms with van der Waals surface area (Å²) in [6.07, 6.45) is 7.47. The van der Waals surface area contributed by atoms with Gasteiger partial charge in [0, 0.05) is 39.5 Å². The van der Waals surface area contributed by atoms with E-state index in [0.717, 1.165) is 47.7 Å². The molecule has 1 saturated heterocycles. The number of likely N-dealkylation sites (tertiary alicyclic amines) is 1. The molecule has 1 aliphatic heterocycles. The van der Waals surface area contributed by atoms with Gasteiger partial charge in [-0.3, -0.25) is 19.3 Å². The first kappa shape index (κ1) is 34.9. The predicted octanol–water partition coefficient (Wildman–Crippen LogP) is 4.86. The molecular formula is C38H51N5O3. The Morgan fingerprint density at radius 1 is 0.848 bits per heavy atom. The van der Waals surface area contributed by atoms with Crippen molar-refractivity contribution in [3.05, 3.63) is 96.1 Å². The smallest absolute Gasteiger partial charge is 0.246 e. The summed E-state index contributed by atoms with van der Waals surface area (Å²) in [5, 5.41) is 2.17. The second-order valence-corrected chi connectivity index (χ2v) is 13.5. The van der Waals surface area contributed by atoms with Gasteiger partial charge in [-0.1, -0.05) is 78.9 Å². The first-order valence-corrected chi connectivity index (χ1v) is 16.3. The van der Waals surface area contributed by atoms with Gasteiger partial charge in [0.05, 0.1) is 6.17 Å². The lowest BCUT2D eigenvalue weighted by atomic mass is 9.98. The minimum atomic E-state index is -0.831. The first-order chi connectivity index (χ1) is 21.9. The number of likely N-dealkylation sites (N-methyl/N-ethyl adjacent to an activating group) is 3. The van der Waals surface area contributed by atoms with Crippen LogP contribution in [0.5, 0.6) is 0 Å². The van der Waals surface area contributed by atoms with Crippen molar-refractivity contribution in [2.45, 2.75) is 76.2 Å². The van der Waals surface area contributed by atoms with Crippen LogP contribution in [0.15, 0.2) is 84.9 Å². The largest absolute Gasteiger partial charge is 0.332 e. The Morgan fingerprint density at radius 2 is 1.48 bits per heavy atom. The minimum absolute atomic E-state index is 0.0300. The van der Waals surface area contributed by atoms with Gasteiger partial charge >= 0.3 is 0 Å². The summed E-state index contributed by atoms with van der Waals surface area (Å²) < 4.78 is 0. The van der Waals surface area contributed by atoms with Gasteiger partial charge in [0.2, 0.25) is 17.7 Å².